The fraction of sp³-hybridized carbons (Fsp3) is 0.750. The zero-order chi connectivity index (χ0) is 7.56. The van der Waals surface area contributed by atoms with Gasteiger partial charge >= 0.3 is 0 Å². The summed E-state index contributed by atoms with van der Waals surface area (Å²) in [4.78, 5) is 2.32. The molecule has 10 heavy (non-hydrogen) atoms. The first-order valence-electron chi connectivity index (χ1n) is 3.86. The van der Waals surface area contributed by atoms with Crippen LogP contribution in [0.4, 0.5) is 0 Å². The van der Waals surface area contributed by atoms with Crippen molar-refractivity contribution in [3.8, 4) is 0 Å². The minimum absolute atomic E-state index is 0.431. The van der Waals surface area contributed by atoms with Crippen LogP contribution < -0.4 is 5.32 Å². The van der Waals surface area contributed by atoms with E-state index in [4.69, 9.17) is 0 Å². The lowest BCUT2D eigenvalue weighted by Gasteiger charge is -2.37. The van der Waals surface area contributed by atoms with Crippen LogP contribution in [0.5, 0.6) is 0 Å². The van der Waals surface area contributed by atoms with Gasteiger partial charge in [-0.3, -0.25) is 0 Å². The van der Waals surface area contributed by atoms with Crippen molar-refractivity contribution in [1.29, 1.82) is 0 Å². The first kappa shape index (κ1) is 7.61. The molecule has 0 aromatic heterocycles. The summed E-state index contributed by atoms with van der Waals surface area (Å²) in [7, 11) is 1.97. The van der Waals surface area contributed by atoms with E-state index in [0.29, 0.717) is 6.04 Å². The summed E-state index contributed by atoms with van der Waals surface area (Å²) < 4.78 is 0. The van der Waals surface area contributed by atoms with Crippen molar-refractivity contribution >= 4 is 0 Å². The van der Waals surface area contributed by atoms with E-state index in [-0.39, 0.29) is 0 Å². The molecule has 1 atom stereocenters. The van der Waals surface area contributed by atoms with Crippen LogP contribution in [-0.4, -0.2) is 31.1 Å². The number of hydrogen-bond donors (Lipinski definition) is 1. The molecule has 0 aromatic rings. The molecule has 1 heterocycles. The van der Waals surface area contributed by atoms with E-state index >= 15 is 0 Å². The first-order valence-corrected chi connectivity index (χ1v) is 3.86. The predicted octanol–water partition coefficient (Wildman–Crippen LogP) is 0.814. The van der Waals surface area contributed by atoms with E-state index in [9.17, 15) is 0 Å². The normalized spacial score (nSPS) is 20.0. The predicted molar refractivity (Wildman–Crippen MR) is 43.9 cm³/mol. The smallest absolute Gasteiger partial charge is 0.0434 e. The molecule has 0 saturated carbocycles. The maximum Gasteiger partial charge on any atom is 0.0434 e. The summed E-state index contributed by atoms with van der Waals surface area (Å²) in [5.41, 5.74) is 1.23. The number of nitrogens with one attached hydrogen (secondary N) is 1. The van der Waals surface area contributed by atoms with Crippen molar-refractivity contribution in [2.45, 2.75) is 19.4 Å². The van der Waals surface area contributed by atoms with E-state index in [0.717, 1.165) is 0 Å². The van der Waals surface area contributed by atoms with E-state index in [1.54, 1.807) is 0 Å². The topological polar surface area (TPSA) is 15.3 Å². The van der Waals surface area contributed by atoms with Crippen LogP contribution in [0.25, 0.3) is 0 Å². The van der Waals surface area contributed by atoms with Crippen molar-refractivity contribution in [3.05, 3.63) is 12.3 Å². The highest BCUT2D eigenvalue weighted by Gasteiger charge is 2.18. The lowest BCUT2D eigenvalue weighted by atomic mass is 10.1. The molecule has 0 bridgehead atoms. The van der Waals surface area contributed by atoms with Crippen LogP contribution >= 0.6 is 0 Å². The van der Waals surface area contributed by atoms with E-state index in [2.05, 4.69) is 23.7 Å². The van der Waals surface area contributed by atoms with E-state index < -0.39 is 0 Å². The molecule has 1 fully saturated rings. The molecule has 0 aliphatic carbocycles. The lowest BCUT2D eigenvalue weighted by Crippen LogP contribution is -2.42. The van der Waals surface area contributed by atoms with Crippen LogP contribution in [0.15, 0.2) is 12.3 Å². The Kier molecular flexibility index (Phi) is 2.33. The molecule has 0 amide bonds. The van der Waals surface area contributed by atoms with Crippen LogP contribution in [0, 0.1) is 0 Å². The molecule has 2 heteroatoms. The van der Waals surface area contributed by atoms with Gasteiger partial charge in [-0.15, -0.1) is 0 Å². The average Bonchev–Trinajstić information content (AvgIpc) is 1.82. The second-order valence-electron chi connectivity index (χ2n) is 2.84. The third kappa shape index (κ3) is 1.32. The number of nitrogens with zero attached hydrogens (tertiary/aromatic N) is 1. The third-order valence-corrected chi connectivity index (χ3v) is 2.20. The minimum atomic E-state index is 0.431. The summed E-state index contributed by atoms with van der Waals surface area (Å²) in [5.74, 6) is 0. The van der Waals surface area contributed by atoms with Crippen molar-refractivity contribution in [2.75, 3.05) is 20.1 Å². The SMILES string of the molecule is C=C(C(C)NC)N1CCC1. The highest BCUT2D eigenvalue weighted by Crippen LogP contribution is 2.14. The van der Waals surface area contributed by atoms with Crippen LogP contribution in [0.2, 0.25) is 0 Å². The van der Waals surface area contributed by atoms with Gasteiger partial charge in [-0.25, -0.2) is 0 Å². The van der Waals surface area contributed by atoms with Gasteiger partial charge in [-0.1, -0.05) is 6.58 Å². The zero-order valence-electron chi connectivity index (χ0n) is 6.85. The van der Waals surface area contributed by atoms with Crippen LogP contribution in [0.3, 0.4) is 0 Å². The Labute approximate surface area is 62.9 Å². The Morgan fingerprint density at radius 2 is 2.20 bits per heavy atom. The Hall–Kier alpha value is -0.500. The quantitative estimate of drug-likeness (QED) is 0.624. The van der Waals surface area contributed by atoms with Gasteiger partial charge in [-0.2, -0.15) is 0 Å². The molecule has 58 valence electrons. The van der Waals surface area contributed by atoms with Gasteiger partial charge in [0.15, 0.2) is 0 Å². The molecular formula is C8H16N2. The summed E-state index contributed by atoms with van der Waals surface area (Å²) >= 11 is 0. The fourth-order valence-corrected chi connectivity index (χ4v) is 1.04. The second kappa shape index (κ2) is 3.06. The van der Waals surface area contributed by atoms with Crippen molar-refractivity contribution in [3.63, 3.8) is 0 Å². The van der Waals surface area contributed by atoms with Crippen LogP contribution in [-0.2, 0) is 0 Å². The summed E-state index contributed by atoms with van der Waals surface area (Å²) in [5, 5.41) is 3.17. The third-order valence-electron chi connectivity index (χ3n) is 2.20. The van der Waals surface area contributed by atoms with E-state index in [1.165, 1.54) is 25.2 Å². The lowest BCUT2D eigenvalue weighted by molar-refractivity contribution is 0.222. The minimum Gasteiger partial charge on any atom is -0.374 e. The summed E-state index contributed by atoms with van der Waals surface area (Å²) in [6, 6.07) is 0.431. The van der Waals surface area contributed by atoms with Crippen molar-refractivity contribution in [1.82, 2.24) is 10.2 Å². The molecule has 0 aromatic carbocycles. The number of likely N-dealkylation sites (tertiary alicyclic amines) is 1. The Balaban J connectivity index is 2.32. The van der Waals surface area contributed by atoms with Crippen molar-refractivity contribution in [2.24, 2.45) is 0 Å². The standard InChI is InChI=1S/C8H16N2/c1-7(9-3)8(2)10-5-4-6-10/h7,9H,2,4-6H2,1,3H3. The maximum atomic E-state index is 4.01. The molecule has 0 radical (unpaired) electrons. The van der Waals surface area contributed by atoms with Gasteiger partial charge in [0.05, 0.1) is 0 Å². The molecule has 1 unspecified atom stereocenters. The molecular weight excluding hydrogens is 124 g/mol. The molecule has 0 spiro atoms. The fourth-order valence-electron chi connectivity index (χ4n) is 1.04. The molecule has 1 saturated heterocycles. The molecule has 1 aliphatic rings. The monoisotopic (exact) mass is 140 g/mol. The Morgan fingerprint density at radius 1 is 1.60 bits per heavy atom. The number of likely N-dealkylation sites (N-methyl/N-ethyl adjacent to an activating group) is 1. The highest BCUT2D eigenvalue weighted by atomic mass is 15.2. The Morgan fingerprint density at radius 3 is 2.50 bits per heavy atom. The van der Waals surface area contributed by atoms with Gasteiger partial charge < -0.3 is 10.2 Å². The van der Waals surface area contributed by atoms with Gasteiger partial charge in [0, 0.05) is 24.8 Å². The molecule has 1 rings (SSSR count). The number of rotatable bonds is 3. The summed E-state index contributed by atoms with van der Waals surface area (Å²) in [6.07, 6.45) is 1.33. The van der Waals surface area contributed by atoms with Crippen LogP contribution in [0.1, 0.15) is 13.3 Å². The highest BCUT2D eigenvalue weighted by molar-refractivity contribution is 5.05. The second-order valence-corrected chi connectivity index (χ2v) is 2.84. The van der Waals surface area contributed by atoms with E-state index in [1.807, 2.05) is 7.05 Å². The van der Waals surface area contributed by atoms with Crippen molar-refractivity contribution < 1.29 is 0 Å². The average molecular weight is 140 g/mol. The first-order chi connectivity index (χ1) is 4.75. The molecule has 1 aliphatic heterocycles. The van der Waals surface area contributed by atoms with Gasteiger partial charge in [0.25, 0.3) is 0 Å². The van der Waals surface area contributed by atoms with Gasteiger partial charge in [0.1, 0.15) is 0 Å². The maximum absolute atomic E-state index is 4.01. The summed E-state index contributed by atoms with van der Waals surface area (Å²) in [6.45, 7) is 8.55. The van der Waals surface area contributed by atoms with Gasteiger partial charge in [0.2, 0.25) is 0 Å². The largest absolute Gasteiger partial charge is 0.374 e. The van der Waals surface area contributed by atoms with Gasteiger partial charge in [-0.05, 0) is 20.4 Å². The zero-order valence-corrected chi connectivity index (χ0v) is 6.85. The Bertz CT molecular complexity index is 120. The molecule has 1 N–H and O–H groups in total. The molecule has 2 nitrogen and oxygen atoms in total. The number of hydrogen-bond acceptors (Lipinski definition) is 2.